The zero-order valence-electron chi connectivity index (χ0n) is 59.0. The molecule has 33 heteroatoms. The van der Waals surface area contributed by atoms with E-state index >= 15 is 0 Å². The summed E-state index contributed by atoms with van der Waals surface area (Å²) in [6.45, 7) is 18.4. The van der Waals surface area contributed by atoms with E-state index in [0.29, 0.717) is 92.3 Å². The molecule has 99 heavy (non-hydrogen) atoms. The molecule has 0 bridgehead atoms. The predicted molar refractivity (Wildman–Crippen MR) is 360 cm³/mol. The Hall–Kier alpha value is -7.19. The summed E-state index contributed by atoms with van der Waals surface area (Å²) in [6.07, 6.45) is 3.84. The Bertz CT molecular complexity index is 4190. The molecular weight excluding hydrogens is 1350 g/mol. The normalized spacial score (nSPS) is 18.0. The van der Waals surface area contributed by atoms with E-state index in [4.69, 9.17) is 19.5 Å². The lowest BCUT2D eigenvalue weighted by atomic mass is 10.0. The van der Waals surface area contributed by atoms with E-state index in [1.807, 2.05) is 0 Å². The number of esters is 1. The summed E-state index contributed by atoms with van der Waals surface area (Å²) < 4.78 is 93.9. The fourth-order valence-electron chi connectivity index (χ4n) is 12.9. The number of fused-ring (bicyclic) bond motifs is 3. The van der Waals surface area contributed by atoms with Crippen LogP contribution in [0.3, 0.4) is 0 Å². The molecule has 0 saturated heterocycles. The fourth-order valence-corrected chi connectivity index (χ4v) is 20.0. The molecular formula is C66H95N11O19S3. The standard InChI is InChI=1S/C28H37N5O6S.C20H31N3O7S.C18H27N3O6S/c1-26(2,36)17-39-18-27(3,4)40(37,38)28(11-12-28)16-33-13-10-21-22(31-32(5)23(21)25(33)35)24(34)30-15-20-8-6-19(14-29)7-9-20;1-18(2,27)11-30-12-19(3,4)31(28,29)20(7-8-20)10-23-9-6-13-14(17(25)26)21-22(5)15(13)16(23)24;1-5-27-16(24)13-12-6-9-21(15(23)14(12)20(4)19-13)10-18(7-8-18)28(25,26)17(2,3)11-22/h6-9,36H,10-13,15-18H2,1-5H3,(H,30,34);27H,6-12H2,1-5H3,(H,25,26);22H,5-11H2,1-4H3. The third-order valence-electron chi connectivity index (χ3n) is 19.2. The predicted octanol–water partition coefficient (Wildman–Crippen LogP) is 2.68. The first-order valence-corrected chi connectivity index (χ1v) is 37.4. The minimum absolute atomic E-state index is 0.0101. The Morgan fingerprint density at radius 2 is 0.909 bits per heavy atom. The number of hydrogen-bond acceptors (Lipinski definition) is 22. The van der Waals surface area contributed by atoms with Crippen LogP contribution in [0, 0.1) is 11.3 Å². The molecule has 546 valence electrons. The first-order valence-electron chi connectivity index (χ1n) is 32.9. The van der Waals surface area contributed by atoms with Crippen molar-refractivity contribution in [1.82, 2.24) is 49.4 Å². The van der Waals surface area contributed by atoms with Crippen LogP contribution >= 0.6 is 0 Å². The molecule has 0 unspecified atom stereocenters. The lowest BCUT2D eigenvalue weighted by Gasteiger charge is -2.35. The molecule has 4 aromatic rings. The van der Waals surface area contributed by atoms with Crippen molar-refractivity contribution in [3.8, 4) is 6.07 Å². The number of ether oxygens (including phenoxy) is 3. The summed E-state index contributed by atoms with van der Waals surface area (Å²) in [7, 11) is -6.33. The average Bonchev–Trinajstić information content (AvgIpc) is 1.58. The van der Waals surface area contributed by atoms with E-state index in [2.05, 4.69) is 26.7 Å². The van der Waals surface area contributed by atoms with Gasteiger partial charge in [-0.2, -0.15) is 20.6 Å². The molecule has 6 heterocycles. The molecule has 6 aliphatic rings. The number of aliphatic hydroxyl groups is 3. The van der Waals surface area contributed by atoms with Crippen molar-refractivity contribution in [2.75, 3.05) is 78.9 Å². The van der Waals surface area contributed by atoms with Gasteiger partial charge >= 0.3 is 11.9 Å². The van der Waals surface area contributed by atoms with Gasteiger partial charge in [-0.1, -0.05) is 12.1 Å². The minimum Gasteiger partial charge on any atom is -0.476 e. The first-order chi connectivity index (χ1) is 45.7. The molecule has 4 amide bonds. The molecule has 0 atom stereocenters. The molecule has 30 nitrogen and oxygen atoms in total. The number of aliphatic hydroxyl groups excluding tert-OH is 1. The maximum atomic E-state index is 13.7. The average molecular weight is 1440 g/mol. The maximum Gasteiger partial charge on any atom is 0.359 e. The lowest BCUT2D eigenvalue weighted by molar-refractivity contribution is -0.0255. The number of carbonyl (C=O) groups is 6. The monoisotopic (exact) mass is 1440 g/mol. The first kappa shape index (κ1) is 77.5. The number of benzene rings is 1. The highest BCUT2D eigenvalue weighted by Crippen LogP contribution is 2.52. The lowest BCUT2D eigenvalue weighted by Crippen LogP contribution is -2.52. The number of nitrogens with zero attached hydrogens (tertiary/aromatic N) is 10. The zero-order chi connectivity index (χ0) is 73.8. The Labute approximate surface area is 578 Å². The number of nitrogens with one attached hydrogen (secondary N) is 1. The Balaban J connectivity index is 0.000000193. The van der Waals surface area contributed by atoms with Gasteiger partial charge in [-0.25, -0.2) is 34.8 Å². The third kappa shape index (κ3) is 15.5. The highest BCUT2D eigenvalue weighted by atomic mass is 32.2. The summed E-state index contributed by atoms with van der Waals surface area (Å²) >= 11 is 0. The number of nitriles is 1. The molecule has 10 rings (SSSR count). The smallest absolute Gasteiger partial charge is 0.359 e. The summed E-state index contributed by atoms with van der Waals surface area (Å²) in [5.41, 5.74) is 1.67. The van der Waals surface area contributed by atoms with Crippen LogP contribution < -0.4 is 5.32 Å². The van der Waals surface area contributed by atoms with E-state index in [0.717, 1.165) is 5.56 Å². The van der Waals surface area contributed by atoms with Gasteiger partial charge in [-0.05, 0) is 152 Å². The fraction of sp³-hybridized carbons (Fsp3) is 0.667. The second-order valence-corrected chi connectivity index (χ2v) is 38.9. The number of carboxylic acids is 1. The Morgan fingerprint density at radius 3 is 1.24 bits per heavy atom. The van der Waals surface area contributed by atoms with Gasteiger partial charge in [0.1, 0.15) is 17.1 Å². The van der Waals surface area contributed by atoms with Crippen molar-refractivity contribution in [3.63, 3.8) is 0 Å². The van der Waals surface area contributed by atoms with E-state index < -0.39 is 99.6 Å². The molecule has 0 spiro atoms. The highest BCUT2D eigenvalue weighted by molar-refractivity contribution is 7.95. The Kier molecular flexibility index (Phi) is 21.9. The minimum atomic E-state index is -3.71. The van der Waals surface area contributed by atoms with Crippen LogP contribution in [0.25, 0.3) is 0 Å². The van der Waals surface area contributed by atoms with Gasteiger partial charge in [-0.3, -0.25) is 33.2 Å². The molecule has 3 saturated carbocycles. The molecule has 5 N–H and O–H groups in total. The quantitative estimate of drug-likeness (QED) is 0.0536. The summed E-state index contributed by atoms with van der Waals surface area (Å²) in [5.74, 6) is -3.24. The topological polar surface area (TPSA) is 412 Å². The summed E-state index contributed by atoms with van der Waals surface area (Å²) in [5, 5.41) is 62.8. The van der Waals surface area contributed by atoms with Crippen LogP contribution in [-0.2, 0) is 90.7 Å². The van der Waals surface area contributed by atoms with Gasteiger partial charge in [-0.15, -0.1) is 0 Å². The van der Waals surface area contributed by atoms with Crippen LogP contribution in [0.4, 0.5) is 0 Å². The SMILES string of the molecule is CCOC(=O)c1nn(C)c2c1CCN(CC1(S(=O)(=O)C(C)(C)CO)CC1)C2=O.Cn1nc(C(=O)NCc2ccc(C#N)cc2)c2c1C(=O)N(CC1(S(=O)(=O)C(C)(C)COCC(C)(C)O)CC1)CC2.Cn1nc(C(=O)O)c2c1C(=O)N(CC1(S(=O)(=O)C(C)(C)COCC(C)(C)O)CC1)CC2. The van der Waals surface area contributed by atoms with E-state index in [1.54, 1.807) is 106 Å². The van der Waals surface area contributed by atoms with Gasteiger partial charge in [0.25, 0.3) is 23.6 Å². The number of rotatable bonds is 27. The van der Waals surface area contributed by atoms with Crippen LogP contribution in [0.15, 0.2) is 24.3 Å². The van der Waals surface area contributed by atoms with Crippen LogP contribution in [0.1, 0.15) is 205 Å². The molecule has 3 fully saturated rings. The number of aromatic carboxylic acids is 1. The molecule has 1 aromatic carbocycles. The molecule has 3 aliphatic heterocycles. The number of amides is 4. The van der Waals surface area contributed by atoms with Crippen LogP contribution in [-0.4, -0.2) is 244 Å². The zero-order valence-corrected chi connectivity index (χ0v) is 61.4. The molecule has 3 aromatic heterocycles. The van der Waals surface area contributed by atoms with Gasteiger partial charge in [0.15, 0.2) is 46.6 Å². The number of hydrogen-bond donors (Lipinski definition) is 5. The molecule has 0 radical (unpaired) electrons. The largest absolute Gasteiger partial charge is 0.476 e. The number of carbonyl (C=O) groups excluding carboxylic acids is 5. The number of sulfone groups is 3. The Morgan fingerprint density at radius 1 is 0.566 bits per heavy atom. The van der Waals surface area contributed by atoms with Crippen molar-refractivity contribution in [1.29, 1.82) is 5.26 Å². The maximum absolute atomic E-state index is 13.7. The van der Waals surface area contributed by atoms with Crippen LogP contribution in [0.5, 0.6) is 0 Å². The van der Waals surface area contributed by atoms with Crippen molar-refractivity contribution in [3.05, 3.63) is 86.2 Å². The van der Waals surface area contributed by atoms with Gasteiger partial charge < -0.3 is 54.7 Å². The van der Waals surface area contributed by atoms with Gasteiger partial charge in [0.2, 0.25) is 0 Å². The van der Waals surface area contributed by atoms with Gasteiger partial charge in [0.05, 0.1) is 91.0 Å². The van der Waals surface area contributed by atoms with Crippen molar-refractivity contribution < 1.29 is 88.7 Å². The number of carboxylic acid groups (broad SMARTS) is 1. The van der Waals surface area contributed by atoms with Crippen molar-refractivity contribution >= 4 is 65.1 Å². The van der Waals surface area contributed by atoms with E-state index in [1.165, 1.54) is 44.7 Å². The second-order valence-electron chi connectivity index (χ2n) is 30.0. The van der Waals surface area contributed by atoms with Gasteiger partial charge in [0, 0.05) is 83.6 Å². The summed E-state index contributed by atoms with van der Waals surface area (Å²) in [4.78, 5) is 80.7. The van der Waals surface area contributed by atoms with Crippen LogP contribution in [0.2, 0.25) is 0 Å². The second kappa shape index (κ2) is 28.0. The van der Waals surface area contributed by atoms with Crippen molar-refractivity contribution in [2.24, 2.45) is 21.1 Å². The van der Waals surface area contributed by atoms with E-state index in [9.17, 15) is 74.4 Å². The number of aryl methyl sites for hydroxylation is 3. The number of aromatic nitrogens is 6. The third-order valence-corrected chi connectivity index (χ3v) is 28.9. The van der Waals surface area contributed by atoms with E-state index in [-0.39, 0.29) is 113 Å². The highest BCUT2D eigenvalue weighted by Gasteiger charge is 2.64. The van der Waals surface area contributed by atoms with Crippen molar-refractivity contribution in [2.45, 2.75) is 180 Å². The molecule has 3 aliphatic carbocycles. The summed E-state index contributed by atoms with van der Waals surface area (Å²) in [6, 6.07) is 8.92.